The predicted octanol–water partition coefficient (Wildman–Crippen LogP) is 1.83. The smallest absolute Gasteiger partial charge is 0.123 e. The largest absolute Gasteiger partial charge is 0.395 e. The molecule has 4 heteroatoms. The summed E-state index contributed by atoms with van der Waals surface area (Å²) >= 11 is 0. The summed E-state index contributed by atoms with van der Waals surface area (Å²) in [4.78, 5) is 0. The normalized spacial score (nSPS) is 14.4. The van der Waals surface area contributed by atoms with Crippen molar-refractivity contribution in [3.8, 4) is 0 Å². The van der Waals surface area contributed by atoms with Crippen LogP contribution in [0, 0.1) is 5.82 Å². The van der Waals surface area contributed by atoms with Gasteiger partial charge in [-0.2, -0.15) is 0 Å². The van der Waals surface area contributed by atoms with Gasteiger partial charge in [0.2, 0.25) is 0 Å². The second-order valence-corrected chi connectivity index (χ2v) is 4.51. The van der Waals surface area contributed by atoms with E-state index in [1.54, 1.807) is 12.1 Å². The standard InChI is InChI=1S/C14H22FNO2/c1-2-8-18-9-7-14(10-16,11-17)12-3-5-13(15)6-4-12/h3-6,17H,2,7-11,16H2,1H3. The van der Waals surface area contributed by atoms with Gasteiger partial charge in [0.15, 0.2) is 0 Å². The van der Waals surface area contributed by atoms with Crippen molar-refractivity contribution in [3.63, 3.8) is 0 Å². The lowest BCUT2D eigenvalue weighted by atomic mass is 9.78. The van der Waals surface area contributed by atoms with Crippen LogP contribution in [-0.4, -0.2) is 31.5 Å². The summed E-state index contributed by atoms with van der Waals surface area (Å²) in [5.74, 6) is -0.287. The lowest BCUT2D eigenvalue weighted by Gasteiger charge is -2.31. The fourth-order valence-electron chi connectivity index (χ4n) is 1.92. The van der Waals surface area contributed by atoms with E-state index in [1.165, 1.54) is 12.1 Å². The van der Waals surface area contributed by atoms with E-state index in [-0.39, 0.29) is 12.4 Å². The molecule has 0 aromatic heterocycles. The van der Waals surface area contributed by atoms with E-state index in [9.17, 15) is 9.50 Å². The maximum absolute atomic E-state index is 12.9. The maximum Gasteiger partial charge on any atom is 0.123 e. The van der Waals surface area contributed by atoms with Crippen LogP contribution in [0.2, 0.25) is 0 Å². The molecule has 3 N–H and O–H groups in total. The molecule has 1 unspecified atom stereocenters. The zero-order valence-electron chi connectivity index (χ0n) is 10.9. The molecule has 0 spiro atoms. The average Bonchev–Trinajstić information content (AvgIpc) is 2.41. The van der Waals surface area contributed by atoms with Gasteiger partial charge in [0.25, 0.3) is 0 Å². The third-order valence-electron chi connectivity index (χ3n) is 3.22. The highest BCUT2D eigenvalue weighted by Crippen LogP contribution is 2.27. The van der Waals surface area contributed by atoms with Crippen LogP contribution >= 0.6 is 0 Å². The number of hydrogen-bond acceptors (Lipinski definition) is 3. The third-order valence-corrected chi connectivity index (χ3v) is 3.22. The predicted molar refractivity (Wildman–Crippen MR) is 69.9 cm³/mol. The molecule has 1 aromatic rings. The number of halogens is 1. The summed E-state index contributed by atoms with van der Waals surface area (Å²) in [5, 5.41) is 9.63. The average molecular weight is 255 g/mol. The summed E-state index contributed by atoms with van der Waals surface area (Å²) < 4.78 is 18.4. The molecule has 18 heavy (non-hydrogen) atoms. The first-order chi connectivity index (χ1) is 8.68. The van der Waals surface area contributed by atoms with E-state index in [0.717, 1.165) is 12.0 Å². The summed E-state index contributed by atoms with van der Waals surface area (Å²) in [5.41, 5.74) is 6.11. The number of ether oxygens (including phenoxy) is 1. The number of nitrogens with two attached hydrogens (primary N) is 1. The molecule has 1 rings (SSSR count). The van der Waals surface area contributed by atoms with E-state index in [1.807, 2.05) is 6.92 Å². The zero-order chi connectivity index (χ0) is 13.4. The molecule has 0 radical (unpaired) electrons. The highest BCUT2D eigenvalue weighted by Gasteiger charge is 2.29. The van der Waals surface area contributed by atoms with Gasteiger partial charge in [0.1, 0.15) is 5.82 Å². The van der Waals surface area contributed by atoms with E-state index in [2.05, 4.69) is 0 Å². The highest BCUT2D eigenvalue weighted by molar-refractivity contribution is 5.26. The number of aliphatic hydroxyl groups excluding tert-OH is 1. The maximum atomic E-state index is 12.9. The molecule has 0 saturated heterocycles. The Balaban J connectivity index is 2.75. The van der Waals surface area contributed by atoms with Gasteiger partial charge < -0.3 is 15.6 Å². The van der Waals surface area contributed by atoms with Crippen molar-refractivity contribution in [2.45, 2.75) is 25.2 Å². The monoisotopic (exact) mass is 255 g/mol. The third kappa shape index (κ3) is 3.77. The second kappa shape index (κ2) is 7.46. The van der Waals surface area contributed by atoms with Crippen LogP contribution in [0.25, 0.3) is 0 Å². The Hall–Kier alpha value is -0.970. The molecular formula is C14H22FNO2. The minimum absolute atomic E-state index is 0.0649. The number of benzene rings is 1. The van der Waals surface area contributed by atoms with Crippen molar-refractivity contribution >= 4 is 0 Å². The quantitative estimate of drug-likeness (QED) is 0.697. The molecule has 0 heterocycles. The van der Waals surface area contributed by atoms with Crippen LogP contribution in [-0.2, 0) is 10.2 Å². The van der Waals surface area contributed by atoms with Crippen LogP contribution in [0.1, 0.15) is 25.3 Å². The van der Waals surface area contributed by atoms with Crippen LogP contribution in [0.3, 0.4) is 0 Å². The first-order valence-electron chi connectivity index (χ1n) is 6.33. The molecule has 1 atom stereocenters. The van der Waals surface area contributed by atoms with Gasteiger partial charge in [-0.25, -0.2) is 4.39 Å². The Morgan fingerprint density at radius 3 is 2.44 bits per heavy atom. The van der Waals surface area contributed by atoms with E-state index in [4.69, 9.17) is 10.5 Å². The van der Waals surface area contributed by atoms with Gasteiger partial charge in [-0.3, -0.25) is 0 Å². The summed E-state index contributed by atoms with van der Waals surface area (Å²) in [6, 6.07) is 6.14. The van der Waals surface area contributed by atoms with Crippen molar-refractivity contribution in [1.29, 1.82) is 0 Å². The molecule has 3 nitrogen and oxygen atoms in total. The minimum Gasteiger partial charge on any atom is -0.395 e. The van der Waals surface area contributed by atoms with Crippen LogP contribution in [0.4, 0.5) is 4.39 Å². The van der Waals surface area contributed by atoms with Gasteiger partial charge in [-0.05, 0) is 30.5 Å². The molecule has 102 valence electrons. The lowest BCUT2D eigenvalue weighted by molar-refractivity contribution is 0.0951. The molecule has 0 fully saturated rings. The molecule has 0 saturated carbocycles. The Morgan fingerprint density at radius 1 is 1.28 bits per heavy atom. The molecule has 0 aliphatic heterocycles. The van der Waals surface area contributed by atoms with Crippen molar-refractivity contribution in [2.75, 3.05) is 26.4 Å². The van der Waals surface area contributed by atoms with Crippen LogP contribution < -0.4 is 5.73 Å². The molecule has 1 aromatic carbocycles. The first-order valence-corrected chi connectivity index (χ1v) is 6.33. The lowest BCUT2D eigenvalue weighted by Crippen LogP contribution is -2.40. The Morgan fingerprint density at radius 2 is 1.94 bits per heavy atom. The molecule has 0 aliphatic carbocycles. The summed E-state index contributed by atoms with van der Waals surface area (Å²) in [6.07, 6.45) is 1.59. The van der Waals surface area contributed by atoms with Crippen LogP contribution in [0.5, 0.6) is 0 Å². The zero-order valence-corrected chi connectivity index (χ0v) is 10.9. The number of hydrogen-bond donors (Lipinski definition) is 2. The topological polar surface area (TPSA) is 55.5 Å². The summed E-state index contributed by atoms with van der Waals surface area (Å²) in [6.45, 7) is 3.54. The molecule has 0 bridgehead atoms. The number of rotatable bonds is 8. The van der Waals surface area contributed by atoms with E-state index >= 15 is 0 Å². The molecule has 0 amide bonds. The first kappa shape index (κ1) is 15.1. The Kier molecular flexibility index (Phi) is 6.25. The van der Waals surface area contributed by atoms with Gasteiger partial charge in [-0.1, -0.05) is 19.1 Å². The SMILES string of the molecule is CCCOCCC(CN)(CO)c1ccc(F)cc1. The fraction of sp³-hybridized carbons (Fsp3) is 0.571. The molecule has 0 aliphatic rings. The highest BCUT2D eigenvalue weighted by atomic mass is 19.1. The Labute approximate surface area is 108 Å². The minimum atomic E-state index is -0.540. The van der Waals surface area contributed by atoms with Gasteiger partial charge in [-0.15, -0.1) is 0 Å². The van der Waals surface area contributed by atoms with Crippen molar-refractivity contribution in [1.82, 2.24) is 0 Å². The Bertz CT molecular complexity index is 336. The van der Waals surface area contributed by atoms with E-state index in [0.29, 0.717) is 26.2 Å². The van der Waals surface area contributed by atoms with Crippen LogP contribution in [0.15, 0.2) is 24.3 Å². The summed E-state index contributed by atoms with van der Waals surface area (Å²) in [7, 11) is 0. The van der Waals surface area contributed by atoms with Gasteiger partial charge in [0, 0.05) is 25.2 Å². The van der Waals surface area contributed by atoms with Crippen molar-refractivity contribution < 1.29 is 14.2 Å². The number of aliphatic hydroxyl groups is 1. The second-order valence-electron chi connectivity index (χ2n) is 4.51. The van der Waals surface area contributed by atoms with Gasteiger partial charge >= 0.3 is 0 Å². The van der Waals surface area contributed by atoms with E-state index < -0.39 is 5.41 Å². The van der Waals surface area contributed by atoms with Crippen molar-refractivity contribution in [3.05, 3.63) is 35.6 Å². The molecular weight excluding hydrogens is 233 g/mol. The fourth-order valence-corrected chi connectivity index (χ4v) is 1.92. The van der Waals surface area contributed by atoms with Gasteiger partial charge in [0.05, 0.1) is 6.61 Å². The van der Waals surface area contributed by atoms with Crippen molar-refractivity contribution in [2.24, 2.45) is 5.73 Å².